The minimum Gasteiger partial charge on any atom is -0.309 e. The summed E-state index contributed by atoms with van der Waals surface area (Å²) in [6, 6.07) is 79.6. The van der Waals surface area contributed by atoms with Gasteiger partial charge in [0.15, 0.2) is 0 Å². The van der Waals surface area contributed by atoms with Gasteiger partial charge in [-0.3, -0.25) is 0 Å². The normalized spacial score (nSPS) is 18.3. The molecule has 0 fully saturated rings. The lowest BCUT2D eigenvalue weighted by atomic mass is 9.74. The first-order chi connectivity index (χ1) is 30.3. The Balaban J connectivity index is 1.16. The molecular weight excluding hydrogens is 747 g/mol. The fraction of sp³-hybridized carbons (Fsp3) is 0.115. The summed E-state index contributed by atoms with van der Waals surface area (Å²) < 4.78 is 0. The molecule has 2 atom stereocenters. The van der Waals surface area contributed by atoms with Gasteiger partial charge in [-0.1, -0.05) is 202 Å². The van der Waals surface area contributed by atoms with Crippen LogP contribution in [0.5, 0.6) is 0 Å². The second-order valence-electron chi connectivity index (χ2n) is 18.3. The quantitative estimate of drug-likeness (QED) is 0.162. The van der Waals surface area contributed by atoms with Crippen molar-refractivity contribution >= 4 is 17.1 Å². The zero-order valence-corrected chi connectivity index (χ0v) is 35.7. The third kappa shape index (κ3) is 4.91. The maximum atomic E-state index is 2.59. The van der Waals surface area contributed by atoms with E-state index < -0.39 is 0 Å². The van der Waals surface area contributed by atoms with Crippen LogP contribution in [0.25, 0.3) is 44.5 Å². The van der Waals surface area contributed by atoms with Crippen LogP contribution in [0, 0.1) is 0 Å². The van der Waals surface area contributed by atoms with Crippen LogP contribution in [-0.4, -0.2) is 0 Å². The SMILES string of the molecule is CC1(C)c2ccccc2-c2cccc(-c3ccccc3N(c3ccc4c(c3)C(C)(c3ccccc3)c3ccccc3-4)c3cccc4c3-c3ccccc3C4(C)c3ccccc3)c21. The van der Waals surface area contributed by atoms with Crippen molar-refractivity contribution < 1.29 is 0 Å². The predicted octanol–water partition coefficient (Wildman–Crippen LogP) is 15.8. The molecule has 0 bridgehead atoms. The summed E-state index contributed by atoms with van der Waals surface area (Å²) in [5.41, 5.74) is 23.6. The van der Waals surface area contributed by atoms with E-state index in [0.717, 1.165) is 11.4 Å². The monoisotopic (exact) mass is 793 g/mol. The van der Waals surface area contributed by atoms with E-state index in [-0.39, 0.29) is 16.2 Å². The third-order valence-electron chi connectivity index (χ3n) is 14.8. The minimum atomic E-state index is -0.346. The number of hydrogen-bond donors (Lipinski definition) is 0. The maximum Gasteiger partial charge on any atom is 0.0543 e. The van der Waals surface area contributed by atoms with Gasteiger partial charge in [-0.25, -0.2) is 0 Å². The smallest absolute Gasteiger partial charge is 0.0543 e. The highest BCUT2D eigenvalue weighted by Crippen LogP contribution is 2.60. The molecule has 0 saturated heterocycles. The molecule has 9 aromatic carbocycles. The van der Waals surface area contributed by atoms with Crippen LogP contribution in [0.4, 0.5) is 17.1 Å². The standard InChI is InChI=1S/C61H47N/c1-59(2)50-31-15-11-26-44(50)47-29-19-30-48(58(47)59)46-27-14-18-35-55(46)62(42-37-38-45-43-25-12-16-32-51(43)61(4,54(45)39-42)41-23-9-6-10-24-41)56-36-20-34-53-57(56)49-28-13-17-33-52(49)60(53,3)40-21-7-5-8-22-40/h5-39H,1-4H3. The number of benzene rings is 9. The van der Waals surface area contributed by atoms with E-state index in [4.69, 9.17) is 0 Å². The van der Waals surface area contributed by atoms with Crippen molar-refractivity contribution in [3.63, 3.8) is 0 Å². The van der Waals surface area contributed by atoms with Gasteiger partial charge in [-0.2, -0.15) is 0 Å². The molecule has 0 aliphatic heterocycles. The second-order valence-corrected chi connectivity index (χ2v) is 18.3. The zero-order valence-electron chi connectivity index (χ0n) is 35.7. The van der Waals surface area contributed by atoms with Gasteiger partial charge in [0.25, 0.3) is 0 Å². The number of nitrogens with zero attached hydrogens (tertiary/aromatic N) is 1. The molecule has 0 N–H and O–H groups in total. The Bertz CT molecular complexity index is 3250. The molecule has 9 aromatic rings. The van der Waals surface area contributed by atoms with Gasteiger partial charge < -0.3 is 4.90 Å². The fourth-order valence-electron chi connectivity index (χ4n) is 11.9. The Morgan fingerprint density at radius 1 is 0.306 bits per heavy atom. The third-order valence-corrected chi connectivity index (χ3v) is 14.8. The van der Waals surface area contributed by atoms with Gasteiger partial charge in [0, 0.05) is 33.1 Å². The number of rotatable bonds is 6. The summed E-state index contributed by atoms with van der Waals surface area (Å²) in [5, 5.41) is 0. The van der Waals surface area contributed by atoms with Gasteiger partial charge in [0.2, 0.25) is 0 Å². The molecule has 0 amide bonds. The molecule has 296 valence electrons. The number of fused-ring (bicyclic) bond motifs is 9. The summed E-state index contributed by atoms with van der Waals surface area (Å²) in [6.07, 6.45) is 0. The van der Waals surface area contributed by atoms with E-state index in [1.165, 1.54) is 94.7 Å². The molecule has 62 heavy (non-hydrogen) atoms. The minimum absolute atomic E-state index is 0.179. The lowest BCUT2D eigenvalue weighted by Gasteiger charge is -2.34. The first kappa shape index (κ1) is 36.6. The molecule has 3 aliphatic carbocycles. The molecule has 1 nitrogen and oxygen atoms in total. The highest BCUT2D eigenvalue weighted by molar-refractivity contribution is 6.01. The van der Waals surface area contributed by atoms with Gasteiger partial charge in [-0.05, 0) is 116 Å². The van der Waals surface area contributed by atoms with Crippen LogP contribution in [0.15, 0.2) is 212 Å². The van der Waals surface area contributed by atoms with Crippen LogP contribution in [0.3, 0.4) is 0 Å². The Kier molecular flexibility index (Phi) is 7.91. The van der Waals surface area contributed by atoms with E-state index >= 15 is 0 Å². The highest BCUT2D eigenvalue weighted by Gasteiger charge is 2.45. The average Bonchev–Trinajstić information content (AvgIpc) is 3.85. The maximum absolute atomic E-state index is 2.59. The number of anilines is 3. The molecule has 0 saturated carbocycles. The van der Waals surface area contributed by atoms with E-state index in [2.05, 4.69) is 245 Å². The molecule has 1 heteroatoms. The average molecular weight is 794 g/mol. The summed E-state index contributed by atoms with van der Waals surface area (Å²) in [6.45, 7) is 9.63. The van der Waals surface area contributed by atoms with Crippen molar-refractivity contribution in [2.75, 3.05) is 4.90 Å². The van der Waals surface area contributed by atoms with Crippen molar-refractivity contribution in [2.45, 2.75) is 43.9 Å². The van der Waals surface area contributed by atoms with Gasteiger partial charge in [0.05, 0.1) is 11.4 Å². The van der Waals surface area contributed by atoms with Crippen LogP contribution in [0.2, 0.25) is 0 Å². The highest BCUT2D eigenvalue weighted by atomic mass is 15.1. The Morgan fingerprint density at radius 3 is 1.42 bits per heavy atom. The molecule has 0 radical (unpaired) electrons. The summed E-state index contributed by atoms with van der Waals surface area (Å²) >= 11 is 0. The van der Waals surface area contributed by atoms with E-state index in [0.29, 0.717) is 0 Å². The fourth-order valence-corrected chi connectivity index (χ4v) is 11.9. The number of para-hydroxylation sites is 1. The van der Waals surface area contributed by atoms with Gasteiger partial charge >= 0.3 is 0 Å². The van der Waals surface area contributed by atoms with Crippen LogP contribution >= 0.6 is 0 Å². The molecule has 3 aliphatic rings. The van der Waals surface area contributed by atoms with Crippen LogP contribution < -0.4 is 4.90 Å². The van der Waals surface area contributed by atoms with Crippen molar-refractivity contribution in [1.29, 1.82) is 0 Å². The molecular formula is C61H47N. The lowest BCUT2D eigenvalue weighted by molar-refractivity contribution is 0.662. The van der Waals surface area contributed by atoms with E-state index in [1.807, 2.05) is 0 Å². The van der Waals surface area contributed by atoms with E-state index in [1.54, 1.807) is 0 Å². The first-order valence-corrected chi connectivity index (χ1v) is 22.0. The number of hydrogen-bond acceptors (Lipinski definition) is 1. The summed E-state index contributed by atoms with van der Waals surface area (Å²) in [7, 11) is 0. The lowest BCUT2D eigenvalue weighted by Crippen LogP contribution is -2.23. The Labute approximate surface area is 365 Å². The second kappa shape index (κ2) is 13.4. The molecule has 2 unspecified atom stereocenters. The van der Waals surface area contributed by atoms with Crippen LogP contribution in [-0.2, 0) is 16.2 Å². The van der Waals surface area contributed by atoms with Gasteiger partial charge in [-0.15, -0.1) is 0 Å². The molecule has 0 heterocycles. The largest absolute Gasteiger partial charge is 0.309 e. The van der Waals surface area contributed by atoms with Crippen LogP contribution in [0.1, 0.15) is 72.2 Å². The molecule has 12 rings (SSSR count). The zero-order chi connectivity index (χ0) is 41.8. The van der Waals surface area contributed by atoms with Crippen molar-refractivity contribution in [3.05, 3.63) is 257 Å². The van der Waals surface area contributed by atoms with Crippen molar-refractivity contribution in [1.82, 2.24) is 0 Å². The van der Waals surface area contributed by atoms with Gasteiger partial charge in [0.1, 0.15) is 0 Å². The summed E-state index contributed by atoms with van der Waals surface area (Å²) in [5.74, 6) is 0. The Morgan fingerprint density at radius 2 is 0.742 bits per heavy atom. The van der Waals surface area contributed by atoms with E-state index in [9.17, 15) is 0 Å². The predicted molar refractivity (Wildman–Crippen MR) is 259 cm³/mol. The van der Waals surface area contributed by atoms with Crippen molar-refractivity contribution in [2.24, 2.45) is 0 Å². The molecule has 0 spiro atoms. The van der Waals surface area contributed by atoms with Crippen molar-refractivity contribution in [3.8, 4) is 44.5 Å². The molecule has 0 aromatic heterocycles. The summed E-state index contributed by atoms with van der Waals surface area (Å²) in [4.78, 5) is 2.59. The Hall–Kier alpha value is -7.22. The first-order valence-electron chi connectivity index (χ1n) is 22.0. The topological polar surface area (TPSA) is 3.24 Å².